The maximum atomic E-state index is 9.02. The third kappa shape index (κ3) is 2.80. The van der Waals surface area contributed by atoms with Gasteiger partial charge in [-0.25, -0.2) is 4.98 Å². The molecule has 2 rings (SSSR count). The van der Waals surface area contributed by atoms with Gasteiger partial charge in [-0.1, -0.05) is 0 Å². The number of nitriles is 1. The van der Waals surface area contributed by atoms with Crippen molar-refractivity contribution in [3.63, 3.8) is 0 Å². The molecule has 92 valence electrons. The van der Waals surface area contributed by atoms with Crippen molar-refractivity contribution < 1.29 is 4.74 Å². The molecule has 1 aromatic carbocycles. The summed E-state index contributed by atoms with van der Waals surface area (Å²) in [4.78, 5) is 7.17. The van der Waals surface area contributed by atoms with Gasteiger partial charge in [-0.05, 0) is 12.1 Å². The zero-order chi connectivity index (χ0) is 12.8. The molecule has 5 heteroatoms. The molecule has 0 saturated heterocycles. The zero-order valence-corrected chi connectivity index (χ0v) is 10.1. The van der Waals surface area contributed by atoms with Crippen molar-refractivity contribution in [1.29, 1.82) is 5.26 Å². The summed E-state index contributed by atoms with van der Waals surface area (Å²) >= 11 is 0. The monoisotopic (exact) mass is 242 g/mol. The molecular weight excluding hydrogens is 228 g/mol. The number of nitrogens with zero attached hydrogens (tertiary/aromatic N) is 2. The first-order valence-corrected chi connectivity index (χ1v) is 5.63. The fourth-order valence-corrected chi connectivity index (χ4v) is 1.64. The molecule has 0 bridgehead atoms. The Balaban J connectivity index is 2.01. The number of aromatic nitrogens is 2. The van der Waals surface area contributed by atoms with Crippen LogP contribution in [0.15, 0.2) is 30.6 Å². The average molecular weight is 242 g/mol. The van der Waals surface area contributed by atoms with Crippen molar-refractivity contribution in [2.75, 3.05) is 19.0 Å². The minimum Gasteiger partial charge on any atom is -0.497 e. The van der Waals surface area contributed by atoms with Crippen molar-refractivity contribution in [2.45, 2.75) is 6.42 Å². The van der Waals surface area contributed by atoms with Gasteiger partial charge in [-0.15, -0.1) is 0 Å². The second kappa shape index (κ2) is 5.73. The highest BCUT2D eigenvalue weighted by Gasteiger charge is 2.03. The Kier molecular flexibility index (Phi) is 3.82. The molecule has 0 spiro atoms. The molecule has 0 aliphatic carbocycles. The van der Waals surface area contributed by atoms with Crippen LogP contribution < -0.4 is 10.1 Å². The van der Waals surface area contributed by atoms with E-state index in [0.717, 1.165) is 23.7 Å². The van der Waals surface area contributed by atoms with E-state index in [9.17, 15) is 0 Å². The molecule has 0 atom stereocenters. The summed E-state index contributed by atoms with van der Waals surface area (Å²) in [7, 11) is 1.61. The number of hydrogen-bond acceptors (Lipinski definition) is 4. The van der Waals surface area contributed by atoms with Crippen LogP contribution in [0, 0.1) is 11.3 Å². The first-order chi connectivity index (χ1) is 8.83. The second-order valence-corrected chi connectivity index (χ2v) is 3.74. The Bertz CT molecular complexity index is 543. The predicted molar refractivity (Wildman–Crippen MR) is 68.5 cm³/mol. The van der Waals surface area contributed by atoms with Crippen molar-refractivity contribution in [3.8, 4) is 11.8 Å². The van der Waals surface area contributed by atoms with Crippen LogP contribution in [0.2, 0.25) is 0 Å². The molecule has 0 aliphatic rings. The third-order valence-corrected chi connectivity index (χ3v) is 2.58. The molecule has 18 heavy (non-hydrogen) atoms. The highest BCUT2D eigenvalue weighted by molar-refractivity contribution is 5.60. The second-order valence-electron chi connectivity index (χ2n) is 3.74. The largest absolute Gasteiger partial charge is 0.497 e. The van der Waals surface area contributed by atoms with Gasteiger partial charge in [-0.2, -0.15) is 5.26 Å². The fourth-order valence-electron chi connectivity index (χ4n) is 1.64. The van der Waals surface area contributed by atoms with Crippen molar-refractivity contribution in [3.05, 3.63) is 42.0 Å². The lowest BCUT2D eigenvalue weighted by Crippen LogP contribution is -2.07. The number of benzene rings is 1. The van der Waals surface area contributed by atoms with Gasteiger partial charge in [-0.3, -0.25) is 0 Å². The number of rotatable bonds is 5. The van der Waals surface area contributed by atoms with E-state index in [0.29, 0.717) is 12.1 Å². The van der Waals surface area contributed by atoms with Crippen LogP contribution in [0.1, 0.15) is 11.4 Å². The van der Waals surface area contributed by atoms with Crippen LogP contribution in [0.25, 0.3) is 0 Å². The van der Waals surface area contributed by atoms with Gasteiger partial charge in [0, 0.05) is 31.4 Å². The van der Waals surface area contributed by atoms with E-state index < -0.39 is 0 Å². The molecule has 0 fully saturated rings. The standard InChI is InChI=1S/C13H14N4O/c1-18-11-3-2-10(9-14)12(8-11)15-5-4-13-16-6-7-17-13/h2-3,6-8,15H,4-5H2,1H3,(H,16,17). The molecule has 0 amide bonds. The van der Waals surface area contributed by atoms with Gasteiger partial charge in [0.15, 0.2) is 0 Å². The summed E-state index contributed by atoms with van der Waals surface area (Å²) in [6, 6.07) is 7.49. The smallest absolute Gasteiger partial charge is 0.121 e. The number of hydrogen-bond donors (Lipinski definition) is 2. The SMILES string of the molecule is COc1ccc(C#N)c(NCCc2ncc[nH]2)c1. The summed E-state index contributed by atoms with van der Waals surface area (Å²) in [5.74, 6) is 1.65. The van der Waals surface area contributed by atoms with Gasteiger partial charge in [0.2, 0.25) is 0 Å². The Morgan fingerprint density at radius 3 is 3.06 bits per heavy atom. The first kappa shape index (κ1) is 12.0. The number of nitrogens with one attached hydrogen (secondary N) is 2. The predicted octanol–water partition coefficient (Wildman–Crippen LogP) is 1.94. The van der Waals surface area contributed by atoms with Gasteiger partial charge >= 0.3 is 0 Å². The van der Waals surface area contributed by atoms with Gasteiger partial charge in [0.25, 0.3) is 0 Å². The lowest BCUT2D eigenvalue weighted by Gasteiger charge is -2.09. The topological polar surface area (TPSA) is 73.7 Å². The molecule has 0 aliphatic heterocycles. The number of ether oxygens (including phenoxy) is 1. The van der Waals surface area contributed by atoms with E-state index in [1.165, 1.54) is 0 Å². The van der Waals surface area contributed by atoms with Gasteiger partial charge in [0.1, 0.15) is 17.6 Å². The number of anilines is 1. The molecule has 0 radical (unpaired) electrons. The van der Waals surface area contributed by atoms with Crippen LogP contribution in [0.3, 0.4) is 0 Å². The molecule has 2 N–H and O–H groups in total. The number of imidazole rings is 1. The Labute approximate surface area is 105 Å². The number of aromatic amines is 1. The summed E-state index contributed by atoms with van der Waals surface area (Å²) in [6.07, 6.45) is 4.29. The summed E-state index contributed by atoms with van der Waals surface area (Å²) in [5.41, 5.74) is 1.39. The van der Waals surface area contributed by atoms with Gasteiger partial charge in [0.05, 0.1) is 18.4 Å². The average Bonchev–Trinajstić information content (AvgIpc) is 2.92. The lowest BCUT2D eigenvalue weighted by molar-refractivity contribution is 0.415. The molecule has 0 unspecified atom stereocenters. The minimum atomic E-state index is 0.607. The number of H-pyrrole nitrogens is 1. The van der Waals surface area contributed by atoms with Crippen LogP contribution in [-0.2, 0) is 6.42 Å². The van der Waals surface area contributed by atoms with E-state index in [2.05, 4.69) is 21.4 Å². The third-order valence-electron chi connectivity index (χ3n) is 2.58. The number of methoxy groups -OCH3 is 1. The summed E-state index contributed by atoms with van der Waals surface area (Å²) in [6.45, 7) is 0.704. The Hall–Kier alpha value is -2.48. The minimum absolute atomic E-state index is 0.607. The Morgan fingerprint density at radius 1 is 1.50 bits per heavy atom. The zero-order valence-electron chi connectivity index (χ0n) is 10.1. The normalized spacial score (nSPS) is 9.78. The summed E-state index contributed by atoms with van der Waals surface area (Å²) in [5, 5.41) is 12.2. The molecule has 1 heterocycles. The molecule has 0 saturated carbocycles. The maximum absolute atomic E-state index is 9.02. The van der Waals surface area contributed by atoms with E-state index in [1.807, 2.05) is 6.07 Å². The highest BCUT2D eigenvalue weighted by atomic mass is 16.5. The molecule has 1 aromatic heterocycles. The lowest BCUT2D eigenvalue weighted by atomic mass is 10.2. The van der Waals surface area contributed by atoms with E-state index in [4.69, 9.17) is 10.00 Å². The Morgan fingerprint density at radius 2 is 2.39 bits per heavy atom. The maximum Gasteiger partial charge on any atom is 0.121 e. The van der Waals surface area contributed by atoms with Crippen molar-refractivity contribution >= 4 is 5.69 Å². The summed E-state index contributed by atoms with van der Waals surface area (Å²) < 4.78 is 5.14. The first-order valence-electron chi connectivity index (χ1n) is 5.63. The van der Waals surface area contributed by atoms with E-state index in [1.54, 1.807) is 31.6 Å². The fraction of sp³-hybridized carbons (Fsp3) is 0.231. The highest BCUT2D eigenvalue weighted by Crippen LogP contribution is 2.21. The molecular formula is C13H14N4O. The quantitative estimate of drug-likeness (QED) is 0.840. The van der Waals surface area contributed by atoms with Crippen LogP contribution in [0.4, 0.5) is 5.69 Å². The van der Waals surface area contributed by atoms with Gasteiger partial charge < -0.3 is 15.0 Å². The van der Waals surface area contributed by atoms with Crippen LogP contribution in [-0.4, -0.2) is 23.6 Å². The van der Waals surface area contributed by atoms with E-state index in [-0.39, 0.29) is 0 Å². The van der Waals surface area contributed by atoms with Crippen LogP contribution >= 0.6 is 0 Å². The molecule has 2 aromatic rings. The van der Waals surface area contributed by atoms with E-state index >= 15 is 0 Å². The molecule has 5 nitrogen and oxygen atoms in total. The van der Waals surface area contributed by atoms with Crippen molar-refractivity contribution in [2.24, 2.45) is 0 Å². The van der Waals surface area contributed by atoms with Crippen LogP contribution in [0.5, 0.6) is 5.75 Å². The van der Waals surface area contributed by atoms with Crippen molar-refractivity contribution in [1.82, 2.24) is 9.97 Å².